The number of hydrogen-bond donors (Lipinski definition) is 2. The molecule has 2 amide bonds. The topological polar surface area (TPSA) is 86.7 Å². The molecule has 3 atom stereocenters. The van der Waals surface area contributed by atoms with Crippen LogP contribution in [0.5, 0.6) is 0 Å². The van der Waals surface area contributed by atoms with Crippen molar-refractivity contribution in [2.45, 2.75) is 32.6 Å². The highest BCUT2D eigenvalue weighted by molar-refractivity contribution is 5.96. The van der Waals surface area contributed by atoms with Crippen LogP contribution in [0.25, 0.3) is 0 Å². The second-order valence-corrected chi connectivity index (χ2v) is 7.26. The second kappa shape index (κ2) is 7.25. The van der Waals surface area contributed by atoms with Crippen molar-refractivity contribution >= 4 is 23.5 Å². The minimum Gasteiger partial charge on any atom is -0.481 e. The monoisotopic (exact) mass is 344 g/mol. The Morgan fingerprint density at radius 2 is 2.04 bits per heavy atom. The fourth-order valence-electron chi connectivity index (χ4n) is 3.84. The molecule has 6 heteroatoms. The molecule has 0 spiro atoms. The summed E-state index contributed by atoms with van der Waals surface area (Å²) in [5, 5.41) is 12.1. The Balaban J connectivity index is 1.57. The first-order valence-electron chi connectivity index (χ1n) is 8.83. The first-order valence-corrected chi connectivity index (χ1v) is 8.83. The molecule has 25 heavy (non-hydrogen) atoms. The molecule has 0 aliphatic carbocycles. The van der Waals surface area contributed by atoms with Gasteiger partial charge in [0.15, 0.2) is 0 Å². The summed E-state index contributed by atoms with van der Waals surface area (Å²) in [7, 11) is 0. The van der Waals surface area contributed by atoms with Gasteiger partial charge in [-0.25, -0.2) is 0 Å². The highest BCUT2D eigenvalue weighted by Crippen LogP contribution is 2.28. The van der Waals surface area contributed by atoms with Gasteiger partial charge in [-0.05, 0) is 36.8 Å². The lowest BCUT2D eigenvalue weighted by Crippen LogP contribution is -2.45. The molecule has 1 fully saturated rings. The van der Waals surface area contributed by atoms with Crippen LogP contribution in [0.2, 0.25) is 0 Å². The van der Waals surface area contributed by atoms with Crippen molar-refractivity contribution in [2.24, 2.45) is 17.8 Å². The van der Waals surface area contributed by atoms with Gasteiger partial charge in [-0.1, -0.05) is 25.1 Å². The maximum absolute atomic E-state index is 12.5. The van der Waals surface area contributed by atoms with Crippen LogP contribution in [0, 0.1) is 17.8 Å². The zero-order chi connectivity index (χ0) is 18.0. The standard InChI is InChI=1S/C19H24N2O4/c1-12-8-15(19(24)25)11-21(10-12)17(22)7-6-14-9-13-4-2-3-5-16(13)20-18(14)23/h2-5,12,14-15H,6-11H2,1H3,(H,20,23)(H,24,25). The number of piperidine rings is 1. The van der Waals surface area contributed by atoms with Crippen LogP contribution in [-0.2, 0) is 20.8 Å². The van der Waals surface area contributed by atoms with E-state index in [0.29, 0.717) is 25.8 Å². The lowest BCUT2D eigenvalue weighted by Gasteiger charge is -2.35. The van der Waals surface area contributed by atoms with Crippen molar-refractivity contribution in [3.8, 4) is 0 Å². The second-order valence-electron chi connectivity index (χ2n) is 7.26. The maximum atomic E-state index is 12.5. The Morgan fingerprint density at radius 3 is 2.80 bits per heavy atom. The molecule has 0 aromatic heterocycles. The minimum atomic E-state index is -0.840. The lowest BCUT2D eigenvalue weighted by atomic mass is 9.88. The SMILES string of the molecule is CC1CC(C(=O)O)CN(C(=O)CCC2Cc3ccccc3NC2=O)C1. The summed E-state index contributed by atoms with van der Waals surface area (Å²) in [5.41, 5.74) is 1.95. The summed E-state index contributed by atoms with van der Waals surface area (Å²) in [5.74, 6) is -1.45. The molecular formula is C19H24N2O4. The molecular weight excluding hydrogens is 320 g/mol. The van der Waals surface area contributed by atoms with E-state index in [-0.39, 0.29) is 36.6 Å². The van der Waals surface area contributed by atoms with Crippen LogP contribution < -0.4 is 5.32 Å². The maximum Gasteiger partial charge on any atom is 0.308 e. The summed E-state index contributed by atoms with van der Waals surface area (Å²) >= 11 is 0. The molecule has 0 saturated carbocycles. The Bertz CT molecular complexity index is 688. The van der Waals surface area contributed by atoms with Crippen LogP contribution in [0.3, 0.4) is 0 Å². The number of likely N-dealkylation sites (tertiary alicyclic amines) is 1. The number of hydrogen-bond acceptors (Lipinski definition) is 3. The van der Waals surface area contributed by atoms with Gasteiger partial charge in [0, 0.05) is 31.1 Å². The molecule has 0 radical (unpaired) electrons. The van der Waals surface area contributed by atoms with E-state index in [0.717, 1.165) is 11.3 Å². The van der Waals surface area contributed by atoms with Crippen LogP contribution >= 0.6 is 0 Å². The Hall–Kier alpha value is -2.37. The predicted molar refractivity (Wildman–Crippen MR) is 93.0 cm³/mol. The van der Waals surface area contributed by atoms with Gasteiger partial charge in [-0.15, -0.1) is 0 Å². The number of nitrogens with one attached hydrogen (secondary N) is 1. The molecule has 3 rings (SSSR count). The number of carbonyl (C=O) groups excluding carboxylic acids is 2. The first-order chi connectivity index (χ1) is 11.9. The zero-order valence-corrected chi connectivity index (χ0v) is 14.4. The zero-order valence-electron chi connectivity index (χ0n) is 14.4. The third-order valence-electron chi connectivity index (χ3n) is 5.18. The highest BCUT2D eigenvalue weighted by Gasteiger charge is 2.33. The van der Waals surface area contributed by atoms with Gasteiger partial charge in [-0.3, -0.25) is 14.4 Å². The number of para-hydroxylation sites is 1. The van der Waals surface area contributed by atoms with Crippen LogP contribution in [0.15, 0.2) is 24.3 Å². The van der Waals surface area contributed by atoms with Gasteiger partial charge in [0.1, 0.15) is 0 Å². The van der Waals surface area contributed by atoms with Gasteiger partial charge >= 0.3 is 5.97 Å². The largest absolute Gasteiger partial charge is 0.481 e. The van der Waals surface area contributed by atoms with Crippen molar-refractivity contribution < 1.29 is 19.5 Å². The summed E-state index contributed by atoms with van der Waals surface area (Å²) in [4.78, 5) is 37.6. The van der Waals surface area contributed by atoms with Gasteiger partial charge < -0.3 is 15.3 Å². The van der Waals surface area contributed by atoms with Gasteiger partial charge in [0.25, 0.3) is 0 Å². The van der Waals surface area contributed by atoms with E-state index in [1.165, 1.54) is 0 Å². The Kier molecular flexibility index (Phi) is 5.06. The first kappa shape index (κ1) is 17.5. The Labute approximate surface area is 147 Å². The molecule has 2 aliphatic rings. The van der Waals surface area contributed by atoms with Crippen molar-refractivity contribution in [2.75, 3.05) is 18.4 Å². The molecule has 6 nitrogen and oxygen atoms in total. The van der Waals surface area contributed by atoms with E-state index in [4.69, 9.17) is 0 Å². The predicted octanol–water partition coefficient (Wildman–Crippen LogP) is 2.15. The number of carbonyl (C=O) groups is 3. The van der Waals surface area contributed by atoms with Crippen molar-refractivity contribution in [1.82, 2.24) is 4.90 Å². The molecule has 2 aliphatic heterocycles. The normalized spacial score (nSPS) is 25.9. The van der Waals surface area contributed by atoms with Gasteiger partial charge in [0.05, 0.1) is 5.92 Å². The smallest absolute Gasteiger partial charge is 0.308 e. The van der Waals surface area contributed by atoms with Crippen LogP contribution in [0.1, 0.15) is 31.7 Å². The van der Waals surface area contributed by atoms with E-state index in [1.54, 1.807) is 4.90 Å². The quantitative estimate of drug-likeness (QED) is 0.876. The summed E-state index contributed by atoms with van der Waals surface area (Å²) < 4.78 is 0. The van der Waals surface area contributed by atoms with E-state index in [1.807, 2.05) is 31.2 Å². The summed E-state index contributed by atoms with van der Waals surface area (Å²) in [6, 6.07) is 7.71. The summed E-state index contributed by atoms with van der Waals surface area (Å²) in [6.45, 7) is 2.85. The van der Waals surface area contributed by atoms with Crippen molar-refractivity contribution in [1.29, 1.82) is 0 Å². The van der Waals surface area contributed by atoms with Gasteiger partial charge in [0.2, 0.25) is 11.8 Å². The van der Waals surface area contributed by atoms with Crippen LogP contribution in [-0.4, -0.2) is 40.9 Å². The number of aliphatic carboxylic acids is 1. The number of carboxylic acid groups (broad SMARTS) is 1. The molecule has 1 aromatic rings. The molecule has 134 valence electrons. The molecule has 0 bridgehead atoms. The molecule has 2 N–H and O–H groups in total. The van der Waals surface area contributed by atoms with E-state index >= 15 is 0 Å². The number of nitrogens with zero attached hydrogens (tertiary/aromatic N) is 1. The third kappa shape index (κ3) is 4.00. The molecule has 3 unspecified atom stereocenters. The average Bonchev–Trinajstić information content (AvgIpc) is 2.59. The van der Waals surface area contributed by atoms with E-state index in [2.05, 4.69) is 5.32 Å². The fourth-order valence-corrected chi connectivity index (χ4v) is 3.84. The molecule has 2 heterocycles. The number of benzene rings is 1. The van der Waals surface area contributed by atoms with E-state index < -0.39 is 11.9 Å². The molecule has 1 saturated heterocycles. The minimum absolute atomic E-state index is 0.0399. The van der Waals surface area contributed by atoms with Gasteiger partial charge in [-0.2, -0.15) is 0 Å². The Morgan fingerprint density at radius 1 is 1.28 bits per heavy atom. The average molecular weight is 344 g/mol. The number of fused-ring (bicyclic) bond motifs is 1. The van der Waals surface area contributed by atoms with E-state index in [9.17, 15) is 19.5 Å². The van der Waals surface area contributed by atoms with Crippen molar-refractivity contribution in [3.05, 3.63) is 29.8 Å². The summed E-state index contributed by atoms with van der Waals surface area (Å²) in [6.07, 6.45) is 2.02. The highest BCUT2D eigenvalue weighted by atomic mass is 16.4. The third-order valence-corrected chi connectivity index (χ3v) is 5.18. The number of amides is 2. The van der Waals surface area contributed by atoms with Crippen molar-refractivity contribution in [3.63, 3.8) is 0 Å². The van der Waals surface area contributed by atoms with Crippen LogP contribution in [0.4, 0.5) is 5.69 Å². The fraction of sp³-hybridized carbons (Fsp3) is 0.526. The number of rotatable bonds is 4. The number of carboxylic acids is 1. The molecule has 1 aromatic carbocycles. The lowest BCUT2D eigenvalue weighted by molar-refractivity contribution is -0.147. The number of anilines is 1.